The minimum absolute atomic E-state index is 0.251. The molecule has 110 valence electrons. The molecule has 1 aromatic heterocycles. The number of carbonyl (C=O) groups excluding carboxylic acids is 1. The first-order valence-corrected chi connectivity index (χ1v) is 5.76. The number of nitrogens with two attached hydrogens (primary N) is 1. The SMILES string of the molecule is CC(C(=O)[O-])[C@H]1O[C@@H](n2cnc(N)nc2=O)[C@H](O)[C@@H]1O. The van der Waals surface area contributed by atoms with Crippen LogP contribution in [-0.4, -0.2) is 49.0 Å². The van der Waals surface area contributed by atoms with E-state index in [1.54, 1.807) is 0 Å². The van der Waals surface area contributed by atoms with Gasteiger partial charge in [-0.05, 0) is 0 Å². The van der Waals surface area contributed by atoms with Crippen molar-refractivity contribution in [3.05, 3.63) is 16.8 Å². The number of aliphatic hydroxyl groups is 2. The van der Waals surface area contributed by atoms with Crippen LogP contribution in [0.25, 0.3) is 0 Å². The lowest BCUT2D eigenvalue weighted by molar-refractivity contribution is -0.314. The van der Waals surface area contributed by atoms with Gasteiger partial charge < -0.3 is 30.6 Å². The molecule has 0 aliphatic carbocycles. The van der Waals surface area contributed by atoms with Crippen molar-refractivity contribution in [3.8, 4) is 0 Å². The van der Waals surface area contributed by atoms with Crippen LogP contribution in [0.1, 0.15) is 13.2 Å². The Balaban J connectivity index is 2.30. The Morgan fingerprint density at radius 2 is 2.20 bits per heavy atom. The number of hydrogen-bond donors (Lipinski definition) is 3. The summed E-state index contributed by atoms with van der Waals surface area (Å²) in [5, 5.41) is 30.5. The van der Waals surface area contributed by atoms with E-state index in [4.69, 9.17) is 10.5 Å². The summed E-state index contributed by atoms with van der Waals surface area (Å²) in [6, 6.07) is 0. The zero-order chi connectivity index (χ0) is 15.0. The molecule has 1 fully saturated rings. The fraction of sp³-hybridized carbons (Fsp3) is 0.600. The average molecular weight is 285 g/mol. The van der Waals surface area contributed by atoms with Crippen molar-refractivity contribution in [3.63, 3.8) is 0 Å². The molecule has 0 bridgehead atoms. The number of rotatable bonds is 3. The van der Waals surface area contributed by atoms with Crippen LogP contribution >= 0.6 is 0 Å². The van der Waals surface area contributed by atoms with Crippen molar-refractivity contribution in [2.45, 2.75) is 31.5 Å². The number of nitrogens with zero attached hydrogens (tertiary/aromatic N) is 3. The van der Waals surface area contributed by atoms with Gasteiger partial charge in [-0.1, -0.05) is 6.92 Å². The van der Waals surface area contributed by atoms with E-state index in [1.807, 2.05) is 0 Å². The molecule has 1 unspecified atom stereocenters. The summed E-state index contributed by atoms with van der Waals surface area (Å²) in [7, 11) is 0. The zero-order valence-corrected chi connectivity index (χ0v) is 10.4. The van der Waals surface area contributed by atoms with Crippen LogP contribution in [0, 0.1) is 5.92 Å². The zero-order valence-electron chi connectivity index (χ0n) is 10.4. The number of ether oxygens (including phenoxy) is 1. The predicted octanol–water partition coefficient (Wildman–Crippen LogP) is -3.77. The molecule has 1 aliphatic heterocycles. The Kier molecular flexibility index (Phi) is 3.70. The minimum Gasteiger partial charge on any atom is -0.550 e. The Morgan fingerprint density at radius 3 is 2.75 bits per heavy atom. The van der Waals surface area contributed by atoms with Crippen molar-refractivity contribution in [1.29, 1.82) is 0 Å². The van der Waals surface area contributed by atoms with Crippen molar-refractivity contribution >= 4 is 11.9 Å². The van der Waals surface area contributed by atoms with Gasteiger partial charge in [-0.15, -0.1) is 0 Å². The Bertz CT molecular complexity index is 575. The number of nitrogen functional groups attached to an aromatic ring is 1. The summed E-state index contributed by atoms with van der Waals surface area (Å²) >= 11 is 0. The average Bonchev–Trinajstić information content (AvgIpc) is 2.66. The third kappa shape index (κ3) is 2.35. The summed E-state index contributed by atoms with van der Waals surface area (Å²) in [6.07, 6.45) is -4.52. The van der Waals surface area contributed by atoms with Gasteiger partial charge in [0.05, 0.1) is 6.10 Å². The second kappa shape index (κ2) is 5.15. The standard InChI is InChI=1S/C10H14N4O6/c1-3(8(17)18)6-4(15)5(16)7(20-6)14-2-12-9(11)13-10(14)19/h2-7,15-16H,1H3,(H,17,18)(H2,11,13,19)/p-1/t3?,4-,5+,6+,7+/m0/s1. The highest BCUT2D eigenvalue weighted by atomic mass is 16.6. The number of carboxylic acid groups (broad SMARTS) is 1. The lowest BCUT2D eigenvalue weighted by Crippen LogP contribution is -2.43. The van der Waals surface area contributed by atoms with Crippen molar-refractivity contribution < 1.29 is 24.9 Å². The van der Waals surface area contributed by atoms with Gasteiger partial charge in [0.15, 0.2) is 6.23 Å². The molecule has 2 rings (SSSR count). The van der Waals surface area contributed by atoms with Gasteiger partial charge in [-0.25, -0.2) is 9.78 Å². The fourth-order valence-electron chi connectivity index (χ4n) is 1.99. The van der Waals surface area contributed by atoms with Crippen LogP contribution in [0.5, 0.6) is 0 Å². The number of carbonyl (C=O) groups is 1. The van der Waals surface area contributed by atoms with Gasteiger partial charge in [-0.2, -0.15) is 4.98 Å². The minimum atomic E-state index is -1.51. The topological polar surface area (TPSA) is 164 Å². The Hall–Kier alpha value is -2.04. The Morgan fingerprint density at radius 1 is 1.55 bits per heavy atom. The van der Waals surface area contributed by atoms with Crippen LogP contribution in [0.15, 0.2) is 11.1 Å². The molecule has 10 heteroatoms. The smallest absolute Gasteiger partial charge is 0.354 e. The van der Waals surface area contributed by atoms with Crippen LogP contribution < -0.4 is 16.5 Å². The third-order valence-electron chi connectivity index (χ3n) is 3.16. The largest absolute Gasteiger partial charge is 0.550 e. The summed E-state index contributed by atoms with van der Waals surface area (Å²) in [4.78, 5) is 29.4. The van der Waals surface area contributed by atoms with E-state index in [0.29, 0.717) is 0 Å². The van der Waals surface area contributed by atoms with E-state index in [9.17, 15) is 24.9 Å². The van der Waals surface area contributed by atoms with E-state index in [2.05, 4.69) is 9.97 Å². The third-order valence-corrected chi connectivity index (χ3v) is 3.16. The summed E-state index contributed by atoms with van der Waals surface area (Å²) in [5.41, 5.74) is 4.39. The van der Waals surface area contributed by atoms with Crippen LogP contribution in [0.2, 0.25) is 0 Å². The monoisotopic (exact) mass is 285 g/mol. The highest BCUT2D eigenvalue weighted by molar-refractivity contribution is 5.68. The van der Waals surface area contributed by atoms with Gasteiger partial charge >= 0.3 is 5.69 Å². The molecule has 20 heavy (non-hydrogen) atoms. The van der Waals surface area contributed by atoms with Gasteiger partial charge in [0, 0.05) is 11.9 Å². The predicted molar refractivity (Wildman–Crippen MR) is 60.8 cm³/mol. The molecule has 2 heterocycles. The normalized spacial score (nSPS) is 31.1. The number of aliphatic hydroxyl groups excluding tert-OH is 2. The maximum Gasteiger partial charge on any atom is 0.354 e. The van der Waals surface area contributed by atoms with Gasteiger partial charge in [0.1, 0.15) is 18.5 Å². The number of aliphatic carboxylic acids is 1. The van der Waals surface area contributed by atoms with Gasteiger partial charge in [0.25, 0.3) is 0 Å². The van der Waals surface area contributed by atoms with E-state index in [1.165, 1.54) is 6.92 Å². The summed E-state index contributed by atoms with van der Waals surface area (Å²) in [6.45, 7) is 1.26. The summed E-state index contributed by atoms with van der Waals surface area (Å²) in [5.74, 6) is -2.86. The van der Waals surface area contributed by atoms with E-state index < -0.39 is 42.1 Å². The van der Waals surface area contributed by atoms with Crippen LogP contribution in [0.3, 0.4) is 0 Å². The quantitative estimate of drug-likeness (QED) is 0.505. The maximum absolute atomic E-state index is 11.6. The highest BCUT2D eigenvalue weighted by Gasteiger charge is 2.46. The van der Waals surface area contributed by atoms with Crippen molar-refractivity contribution in [2.75, 3.05) is 5.73 Å². The molecule has 0 radical (unpaired) electrons. The maximum atomic E-state index is 11.6. The number of hydrogen-bond acceptors (Lipinski definition) is 9. The van der Waals surface area contributed by atoms with E-state index in [-0.39, 0.29) is 5.95 Å². The van der Waals surface area contributed by atoms with E-state index >= 15 is 0 Å². The summed E-state index contributed by atoms with van der Waals surface area (Å²) < 4.78 is 6.06. The van der Waals surface area contributed by atoms with E-state index in [0.717, 1.165) is 10.9 Å². The highest BCUT2D eigenvalue weighted by Crippen LogP contribution is 2.31. The lowest BCUT2D eigenvalue weighted by atomic mass is 9.99. The molecule has 0 aromatic carbocycles. The first-order valence-electron chi connectivity index (χ1n) is 5.76. The molecule has 1 saturated heterocycles. The molecule has 0 spiro atoms. The Labute approximate surface area is 112 Å². The molecule has 1 aliphatic rings. The molecule has 5 atom stereocenters. The molecule has 0 amide bonds. The molecular weight excluding hydrogens is 272 g/mol. The molecular formula is C10H13N4O6-. The second-order valence-corrected chi connectivity index (χ2v) is 4.48. The number of carboxylic acids is 1. The molecule has 10 nitrogen and oxygen atoms in total. The fourth-order valence-corrected chi connectivity index (χ4v) is 1.99. The second-order valence-electron chi connectivity index (χ2n) is 4.48. The van der Waals surface area contributed by atoms with Gasteiger partial charge in [0.2, 0.25) is 5.95 Å². The lowest BCUT2D eigenvalue weighted by Gasteiger charge is -2.22. The first-order chi connectivity index (χ1) is 9.32. The van der Waals surface area contributed by atoms with Gasteiger partial charge in [-0.3, -0.25) is 4.57 Å². The molecule has 1 aromatic rings. The number of anilines is 1. The van der Waals surface area contributed by atoms with Crippen LogP contribution in [-0.2, 0) is 9.53 Å². The van der Waals surface area contributed by atoms with Crippen molar-refractivity contribution in [2.24, 2.45) is 5.92 Å². The number of aromatic nitrogens is 3. The van der Waals surface area contributed by atoms with Crippen molar-refractivity contribution in [1.82, 2.24) is 14.5 Å². The molecule has 0 saturated carbocycles. The van der Waals surface area contributed by atoms with Crippen LogP contribution in [0.4, 0.5) is 5.95 Å². The molecule has 4 N–H and O–H groups in total. The first kappa shape index (κ1) is 14.4.